The van der Waals surface area contributed by atoms with E-state index in [2.05, 4.69) is 35.1 Å². The van der Waals surface area contributed by atoms with E-state index in [0.717, 1.165) is 18.2 Å². The molecule has 1 amide bonds. The number of alkyl halides is 1. The second-order valence-corrected chi connectivity index (χ2v) is 4.68. The number of rotatable bonds is 5. The maximum absolute atomic E-state index is 12.0. The molecule has 0 atom stereocenters. The Morgan fingerprint density at radius 2 is 1.82 bits per heavy atom. The number of halogens is 1. The first-order chi connectivity index (χ1) is 8.06. The lowest BCUT2D eigenvalue weighted by molar-refractivity contribution is 0.0903. The molecule has 0 aromatic heterocycles. The van der Waals surface area contributed by atoms with Crippen molar-refractivity contribution in [1.82, 2.24) is 5.32 Å². The summed E-state index contributed by atoms with van der Waals surface area (Å²) in [6.45, 7) is 4.11. The molecule has 1 aromatic rings. The Labute approximate surface area is 110 Å². The van der Waals surface area contributed by atoms with Gasteiger partial charge in [-0.1, -0.05) is 29.8 Å². The number of phenols is 1. The van der Waals surface area contributed by atoms with Gasteiger partial charge in [-0.05, 0) is 37.1 Å². The summed E-state index contributed by atoms with van der Waals surface area (Å²) in [4.78, 5) is 12.0. The van der Waals surface area contributed by atoms with Gasteiger partial charge < -0.3 is 10.4 Å². The molecule has 17 heavy (non-hydrogen) atoms. The van der Waals surface area contributed by atoms with Crippen LogP contribution in [-0.2, 0) is 0 Å². The zero-order chi connectivity index (χ0) is 12.9. The molecule has 4 heteroatoms. The number of aromatic hydroxyl groups is 1. The van der Waals surface area contributed by atoms with Crippen molar-refractivity contribution in [2.45, 2.75) is 32.2 Å². The van der Waals surface area contributed by atoms with Crippen LogP contribution in [0.3, 0.4) is 0 Å². The highest BCUT2D eigenvalue weighted by molar-refractivity contribution is 9.09. The van der Waals surface area contributed by atoms with Gasteiger partial charge in [-0.15, -0.1) is 0 Å². The van der Waals surface area contributed by atoms with E-state index in [9.17, 15) is 9.90 Å². The summed E-state index contributed by atoms with van der Waals surface area (Å²) >= 11 is 3.45. The average Bonchev–Trinajstić information content (AvgIpc) is 2.37. The van der Waals surface area contributed by atoms with Crippen LogP contribution in [0.25, 0.3) is 0 Å². The summed E-state index contributed by atoms with van der Waals surface area (Å²) in [6, 6.07) is 6.27. The lowest BCUT2D eigenvalue weighted by atomic mass is 9.95. The van der Waals surface area contributed by atoms with Gasteiger partial charge in [0.2, 0.25) is 0 Å². The first-order valence-corrected chi connectivity index (χ1v) is 6.86. The largest absolute Gasteiger partial charge is 0.508 e. The Morgan fingerprint density at radius 1 is 1.29 bits per heavy atom. The number of amides is 1. The minimum atomic E-state index is -0.199. The van der Waals surface area contributed by atoms with Gasteiger partial charge in [0.05, 0.1) is 0 Å². The molecule has 0 saturated carbocycles. The number of benzene rings is 1. The van der Waals surface area contributed by atoms with Gasteiger partial charge in [0.25, 0.3) is 5.91 Å². The fourth-order valence-electron chi connectivity index (χ4n) is 1.57. The topological polar surface area (TPSA) is 49.3 Å². The first kappa shape index (κ1) is 14.0. The van der Waals surface area contributed by atoms with Crippen LogP contribution in [0.1, 0.15) is 37.0 Å². The monoisotopic (exact) mass is 299 g/mol. The molecule has 0 fully saturated rings. The van der Waals surface area contributed by atoms with Gasteiger partial charge in [0.1, 0.15) is 5.75 Å². The van der Waals surface area contributed by atoms with Crippen LogP contribution in [0.15, 0.2) is 24.3 Å². The van der Waals surface area contributed by atoms with Gasteiger partial charge in [-0.2, -0.15) is 0 Å². The molecule has 1 rings (SSSR count). The third-order valence-corrected chi connectivity index (χ3v) is 4.19. The van der Waals surface area contributed by atoms with Crippen molar-refractivity contribution in [3.05, 3.63) is 29.8 Å². The number of phenolic OH excluding ortho intramolecular Hbond substituents is 1. The lowest BCUT2D eigenvalue weighted by Gasteiger charge is -2.30. The van der Waals surface area contributed by atoms with Crippen LogP contribution in [-0.4, -0.2) is 21.9 Å². The molecule has 0 aliphatic rings. The average molecular weight is 300 g/mol. The van der Waals surface area contributed by atoms with Crippen LogP contribution < -0.4 is 5.32 Å². The van der Waals surface area contributed by atoms with Crippen molar-refractivity contribution in [3.63, 3.8) is 0 Å². The van der Waals surface area contributed by atoms with Gasteiger partial charge in [0, 0.05) is 16.4 Å². The van der Waals surface area contributed by atoms with E-state index in [1.165, 1.54) is 12.1 Å². The zero-order valence-electron chi connectivity index (χ0n) is 10.2. The normalized spacial score (nSPS) is 11.2. The summed E-state index contributed by atoms with van der Waals surface area (Å²) in [6.07, 6.45) is 1.75. The molecule has 0 aliphatic heterocycles. The summed E-state index contributed by atoms with van der Waals surface area (Å²) in [7, 11) is 0. The van der Waals surface area contributed by atoms with Gasteiger partial charge >= 0.3 is 0 Å². The number of nitrogens with one attached hydrogen (secondary N) is 1. The molecule has 1 aromatic carbocycles. The number of carbonyl (C=O) groups excluding carboxylic acids is 1. The van der Waals surface area contributed by atoms with Gasteiger partial charge in [-0.3, -0.25) is 4.79 Å². The highest BCUT2D eigenvalue weighted by Gasteiger charge is 2.26. The first-order valence-electron chi connectivity index (χ1n) is 5.74. The predicted octanol–water partition coefficient (Wildman–Crippen LogP) is 3.08. The summed E-state index contributed by atoms with van der Waals surface area (Å²) < 4.78 is 0. The highest BCUT2D eigenvalue weighted by atomic mass is 79.9. The van der Waals surface area contributed by atoms with E-state index in [0.29, 0.717) is 5.56 Å². The van der Waals surface area contributed by atoms with E-state index in [1.54, 1.807) is 12.1 Å². The Bertz CT molecular complexity index is 363. The Balaban J connectivity index is 2.81. The van der Waals surface area contributed by atoms with Gasteiger partial charge in [0.15, 0.2) is 0 Å². The summed E-state index contributed by atoms with van der Waals surface area (Å²) in [5, 5.41) is 13.0. The van der Waals surface area contributed by atoms with Crippen molar-refractivity contribution < 1.29 is 9.90 Å². The molecule has 3 nitrogen and oxygen atoms in total. The quantitative estimate of drug-likeness (QED) is 0.821. The van der Waals surface area contributed by atoms with Crippen molar-refractivity contribution in [2.75, 3.05) is 5.33 Å². The fraction of sp³-hybridized carbons (Fsp3) is 0.462. The zero-order valence-corrected chi connectivity index (χ0v) is 11.8. The van der Waals surface area contributed by atoms with E-state index in [4.69, 9.17) is 0 Å². The molecule has 94 valence electrons. The smallest absolute Gasteiger partial charge is 0.251 e. The number of hydrogen-bond acceptors (Lipinski definition) is 2. The molecule has 0 saturated heterocycles. The van der Waals surface area contributed by atoms with E-state index >= 15 is 0 Å². The summed E-state index contributed by atoms with van der Waals surface area (Å²) in [5.74, 6) is 0.0624. The predicted molar refractivity (Wildman–Crippen MR) is 72.7 cm³/mol. The van der Waals surface area contributed by atoms with Crippen LogP contribution in [0, 0.1) is 0 Å². The summed E-state index contributed by atoms with van der Waals surface area (Å²) in [5.41, 5.74) is 0.365. The molecular formula is C13H18BrNO2. The molecule has 2 N–H and O–H groups in total. The second kappa shape index (κ2) is 6.05. The van der Waals surface area contributed by atoms with Crippen LogP contribution >= 0.6 is 15.9 Å². The SMILES string of the molecule is CCC(CC)(CBr)NC(=O)c1ccc(O)cc1. The third kappa shape index (κ3) is 3.46. The van der Waals surface area contributed by atoms with Crippen molar-refractivity contribution in [2.24, 2.45) is 0 Å². The van der Waals surface area contributed by atoms with E-state index < -0.39 is 0 Å². The second-order valence-electron chi connectivity index (χ2n) is 4.12. The van der Waals surface area contributed by atoms with Crippen molar-refractivity contribution in [1.29, 1.82) is 0 Å². The highest BCUT2D eigenvalue weighted by Crippen LogP contribution is 2.19. The minimum absolute atomic E-state index is 0.104. The molecule has 0 bridgehead atoms. The Morgan fingerprint density at radius 3 is 2.24 bits per heavy atom. The molecule has 0 radical (unpaired) electrons. The number of hydrogen-bond donors (Lipinski definition) is 2. The third-order valence-electron chi connectivity index (χ3n) is 3.12. The molecule has 0 aliphatic carbocycles. The molecular weight excluding hydrogens is 282 g/mol. The number of carbonyl (C=O) groups is 1. The van der Waals surface area contributed by atoms with Crippen LogP contribution in [0.5, 0.6) is 5.75 Å². The van der Waals surface area contributed by atoms with Crippen molar-refractivity contribution >= 4 is 21.8 Å². The fourth-order valence-corrected chi connectivity index (χ4v) is 2.51. The molecule has 0 unspecified atom stereocenters. The van der Waals surface area contributed by atoms with E-state index in [1.807, 2.05) is 0 Å². The lowest BCUT2D eigenvalue weighted by Crippen LogP contribution is -2.49. The molecule has 0 spiro atoms. The van der Waals surface area contributed by atoms with Crippen LogP contribution in [0.4, 0.5) is 0 Å². The Hall–Kier alpha value is -1.03. The minimum Gasteiger partial charge on any atom is -0.508 e. The van der Waals surface area contributed by atoms with Crippen molar-refractivity contribution in [3.8, 4) is 5.75 Å². The van der Waals surface area contributed by atoms with E-state index in [-0.39, 0.29) is 17.2 Å². The van der Waals surface area contributed by atoms with Gasteiger partial charge in [-0.25, -0.2) is 0 Å². The van der Waals surface area contributed by atoms with Crippen LogP contribution in [0.2, 0.25) is 0 Å². The molecule has 0 heterocycles. The standard InChI is InChI=1S/C13H18BrNO2/c1-3-13(4-2,9-14)15-12(17)10-5-7-11(16)8-6-10/h5-8,16H,3-4,9H2,1-2H3,(H,15,17). The maximum atomic E-state index is 12.0. The maximum Gasteiger partial charge on any atom is 0.251 e. The Kier molecular flexibility index (Phi) is 5.00.